The SMILES string of the molecule is C=CCC(O)CC(=O)CC(=O)OC(C)(C)C. The molecule has 1 N–H and O–H groups in total. The molecule has 0 rings (SSSR count). The van der Waals surface area contributed by atoms with Gasteiger partial charge in [-0.3, -0.25) is 9.59 Å². The van der Waals surface area contributed by atoms with Crippen molar-refractivity contribution in [2.75, 3.05) is 0 Å². The average molecular weight is 228 g/mol. The topological polar surface area (TPSA) is 63.6 Å². The number of ether oxygens (including phenoxy) is 1. The Bertz CT molecular complexity index is 263. The van der Waals surface area contributed by atoms with Crippen LogP contribution in [-0.2, 0) is 14.3 Å². The summed E-state index contributed by atoms with van der Waals surface area (Å²) in [6.45, 7) is 8.67. The average Bonchev–Trinajstić information content (AvgIpc) is 1.98. The highest BCUT2D eigenvalue weighted by atomic mass is 16.6. The third kappa shape index (κ3) is 8.17. The number of aliphatic hydroxyl groups excluding tert-OH is 1. The zero-order chi connectivity index (χ0) is 12.8. The lowest BCUT2D eigenvalue weighted by Crippen LogP contribution is -2.26. The summed E-state index contributed by atoms with van der Waals surface area (Å²) in [4.78, 5) is 22.6. The van der Waals surface area contributed by atoms with Gasteiger partial charge in [0, 0.05) is 6.42 Å². The Morgan fingerprint density at radius 2 is 2.00 bits per heavy atom. The van der Waals surface area contributed by atoms with E-state index in [-0.39, 0.29) is 18.6 Å². The largest absolute Gasteiger partial charge is 0.460 e. The molecule has 0 aliphatic heterocycles. The van der Waals surface area contributed by atoms with Gasteiger partial charge in [-0.05, 0) is 27.2 Å². The van der Waals surface area contributed by atoms with Crippen molar-refractivity contribution in [3.05, 3.63) is 12.7 Å². The number of rotatable bonds is 6. The lowest BCUT2D eigenvalue weighted by Gasteiger charge is -2.19. The minimum Gasteiger partial charge on any atom is -0.460 e. The summed E-state index contributed by atoms with van der Waals surface area (Å²) in [6.07, 6.45) is 0.801. The molecule has 0 saturated carbocycles. The zero-order valence-corrected chi connectivity index (χ0v) is 10.2. The molecule has 0 aromatic rings. The van der Waals surface area contributed by atoms with E-state index in [4.69, 9.17) is 4.74 Å². The summed E-state index contributed by atoms with van der Waals surface area (Å²) in [5.41, 5.74) is -0.586. The maximum absolute atomic E-state index is 11.3. The van der Waals surface area contributed by atoms with Gasteiger partial charge in [-0.15, -0.1) is 6.58 Å². The Balaban J connectivity index is 3.96. The summed E-state index contributed by atoms with van der Waals surface area (Å²) in [5.74, 6) is -0.869. The first-order valence-electron chi connectivity index (χ1n) is 5.27. The Morgan fingerprint density at radius 3 is 2.44 bits per heavy atom. The van der Waals surface area contributed by atoms with Crippen molar-refractivity contribution in [1.82, 2.24) is 0 Å². The molecule has 92 valence electrons. The van der Waals surface area contributed by atoms with Crippen molar-refractivity contribution in [1.29, 1.82) is 0 Å². The summed E-state index contributed by atoms with van der Waals surface area (Å²) in [5, 5.41) is 9.32. The van der Waals surface area contributed by atoms with E-state index in [0.29, 0.717) is 6.42 Å². The van der Waals surface area contributed by atoms with Crippen LogP contribution in [0.25, 0.3) is 0 Å². The number of esters is 1. The van der Waals surface area contributed by atoms with E-state index in [9.17, 15) is 14.7 Å². The third-order valence-electron chi connectivity index (χ3n) is 1.66. The normalized spacial score (nSPS) is 13.0. The maximum atomic E-state index is 11.3. The van der Waals surface area contributed by atoms with Gasteiger partial charge in [0.25, 0.3) is 0 Å². The van der Waals surface area contributed by atoms with Crippen molar-refractivity contribution in [2.45, 2.75) is 51.7 Å². The van der Waals surface area contributed by atoms with Crippen LogP contribution < -0.4 is 0 Å². The number of aliphatic hydroxyl groups is 1. The van der Waals surface area contributed by atoms with Crippen LogP contribution in [0.5, 0.6) is 0 Å². The molecule has 0 fully saturated rings. The van der Waals surface area contributed by atoms with Crippen LogP contribution in [0.4, 0.5) is 0 Å². The second-order valence-corrected chi connectivity index (χ2v) is 4.68. The highest BCUT2D eigenvalue weighted by molar-refractivity contribution is 5.95. The van der Waals surface area contributed by atoms with Crippen LogP contribution in [0, 0.1) is 0 Å². The molecule has 0 aromatic carbocycles. The van der Waals surface area contributed by atoms with Gasteiger partial charge in [0.2, 0.25) is 0 Å². The van der Waals surface area contributed by atoms with Crippen LogP contribution in [0.15, 0.2) is 12.7 Å². The predicted molar refractivity (Wildman–Crippen MR) is 60.9 cm³/mol. The summed E-state index contributed by atoms with van der Waals surface area (Å²) < 4.78 is 4.99. The van der Waals surface area contributed by atoms with E-state index in [1.165, 1.54) is 6.08 Å². The Labute approximate surface area is 96.3 Å². The molecule has 0 aromatic heterocycles. The molecule has 0 bridgehead atoms. The molecule has 4 heteroatoms. The number of carbonyl (C=O) groups is 2. The minimum atomic E-state index is -0.757. The maximum Gasteiger partial charge on any atom is 0.313 e. The summed E-state index contributed by atoms with van der Waals surface area (Å²) >= 11 is 0. The van der Waals surface area contributed by atoms with Crippen LogP contribution in [0.2, 0.25) is 0 Å². The molecule has 1 atom stereocenters. The second kappa shape index (κ2) is 6.43. The quantitative estimate of drug-likeness (QED) is 0.426. The van der Waals surface area contributed by atoms with Crippen LogP contribution in [-0.4, -0.2) is 28.6 Å². The van der Waals surface area contributed by atoms with Gasteiger partial charge in [0.1, 0.15) is 17.8 Å². The van der Waals surface area contributed by atoms with E-state index >= 15 is 0 Å². The molecule has 0 aliphatic carbocycles. The lowest BCUT2D eigenvalue weighted by atomic mass is 10.1. The Kier molecular flexibility index (Phi) is 5.96. The zero-order valence-electron chi connectivity index (χ0n) is 10.2. The van der Waals surface area contributed by atoms with Crippen molar-refractivity contribution < 1.29 is 19.4 Å². The Morgan fingerprint density at radius 1 is 1.44 bits per heavy atom. The van der Waals surface area contributed by atoms with Crippen molar-refractivity contribution in [2.24, 2.45) is 0 Å². The number of carbonyl (C=O) groups excluding carboxylic acids is 2. The molecular formula is C12H20O4. The first-order chi connectivity index (χ1) is 7.24. The van der Waals surface area contributed by atoms with Gasteiger partial charge >= 0.3 is 5.97 Å². The first-order valence-corrected chi connectivity index (χ1v) is 5.27. The molecule has 0 aliphatic rings. The van der Waals surface area contributed by atoms with Gasteiger partial charge in [-0.25, -0.2) is 0 Å². The molecule has 1 unspecified atom stereocenters. The molecule has 0 heterocycles. The molecule has 16 heavy (non-hydrogen) atoms. The predicted octanol–water partition coefficient (Wildman–Crippen LogP) is 1.61. The Hall–Kier alpha value is -1.16. The fraction of sp³-hybridized carbons (Fsp3) is 0.667. The molecule has 4 nitrogen and oxygen atoms in total. The highest BCUT2D eigenvalue weighted by Crippen LogP contribution is 2.09. The monoisotopic (exact) mass is 228 g/mol. The molecular weight excluding hydrogens is 208 g/mol. The standard InChI is InChI=1S/C12H20O4/c1-5-6-9(13)7-10(14)8-11(15)16-12(2,3)4/h5,9,13H,1,6-8H2,2-4H3. The highest BCUT2D eigenvalue weighted by Gasteiger charge is 2.20. The summed E-state index contributed by atoms with van der Waals surface area (Å²) in [6, 6.07) is 0. The van der Waals surface area contributed by atoms with Gasteiger partial charge in [-0.1, -0.05) is 6.08 Å². The molecule has 0 amide bonds. The van der Waals surface area contributed by atoms with E-state index in [0.717, 1.165) is 0 Å². The summed E-state index contributed by atoms with van der Waals surface area (Å²) in [7, 11) is 0. The molecule has 0 saturated heterocycles. The fourth-order valence-electron chi connectivity index (χ4n) is 1.15. The number of ketones is 1. The number of Topliss-reactive ketones (excluding diaryl/α,β-unsaturated/α-hetero) is 1. The second-order valence-electron chi connectivity index (χ2n) is 4.68. The first kappa shape index (κ1) is 14.8. The minimum absolute atomic E-state index is 0.0364. The van der Waals surface area contributed by atoms with E-state index in [1.807, 2.05) is 0 Å². The van der Waals surface area contributed by atoms with Crippen LogP contribution in [0.3, 0.4) is 0 Å². The van der Waals surface area contributed by atoms with Crippen molar-refractivity contribution in [3.8, 4) is 0 Å². The molecule has 0 radical (unpaired) electrons. The van der Waals surface area contributed by atoms with Gasteiger partial charge < -0.3 is 9.84 Å². The smallest absolute Gasteiger partial charge is 0.313 e. The van der Waals surface area contributed by atoms with Gasteiger partial charge in [0.05, 0.1) is 6.10 Å². The third-order valence-corrected chi connectivity index (χ3v) is 1.66. The molecule has 0 spiro atoms. The van der Waals surface area contributed by atoms with Gasteiger partial charge in [0.15, 0.2) is 0 Å². The van der Waals surface area contributed by atoms with Crippen molar-refractivity contribution >= 4 is 11.8 Å². The number of hydrogen-bond acceptors (Lipinski definition) is 4. The van der Waals surface area contributed by atoms with Crippen LogP contribution in [0.1, 0.15) is 40.0 Å². The van der Waals surface area contributed by atoms with Crippen molar-refractivity contribution in [3.63, 3.8) is 0 Å². The van der Waals surface area contributed by atoms with E-state index in [1.54, 1.807) is 20.8 Å². The van der Waals surface area contributed by atoms with Crippen LogP contribution >= 0.6 is 0 Å². The lowest BCUT2D eigenvalue weighted by molar-refractivity contribution is -0.156. The van der Waals surface area contributed by atoms with E-state index < -0.39 is 17.7 Å². The number of hydrogen-bond donors (Lipinski definition) is 1. The fourth-order valence-corrected chi connectivity index (χ4v) is 1.15. The van der Waals surface area contributed by atoms with E-state index in [2.05, 4.69) is 6.58 Å². The van der Waals surface area contributed by atoms with Gasteiger partial charge in [-0.2, -0.15) is 0 Å².